The van der Waals surface area contributed by atoms with Crippen LogP contribution < -0.4 is 0 Å². The highest BCUT2D eigenvalue weighted by Crippen LogP contribution is 2.30. The van der Waals surface area contributed by atoms with Crippen LogP contribution in [0.4, 0.5) is 0 Å². The summed E-state index contributed by atoms with van der Waals surface area (Å²) >= 11 is 4.96. The van der Waals surface area contributed by atoms with Crippen LogP contribution in [0.1, 0.15) is 5.56 Å². The number of hydrogen-bond donors (Lipinski definition) is 0. The highest BCUT2D eigenvalue weighted by Gasteiger charge is 2.08. The summed E-state index contributed by atoms with van der Waals surface area (Å²) in [5.41, 5.74) is 1.13. The predicted molar refractivity (Wildman–Crippen MR) is 61.8 cm³/mol. The van der Waals surface area contributed by atoms with Crippen molar-refractivity contribution < 1.29 is 0 Å². The molecule has 0 radical (unpaired) electrons. The second-order valence-corrected chi connectivity index (χ2v) is 4.94. The van der Waals surface area contributed by atoms with Crippen molar-refractivity contribution in [2.45, 2.75) is 17.1 Å². The fraction of sp³-hybridized carbons (Fsp3) is 0.222. The van der Waals surface area contributed by atoms with E-state index in [4.69, 9.17) is 0 Å². The minimum atomic E-state index is 0.826. The maximum Gasteiger partial charge on any atom is 0.197 e. The van der Waals surface area contributed by atoms with Crippen LogP contribution in [-0.2, 0) is 7.05 Å². The van der Waals surface area contributed by atoms with Gasteiger partial charge in [-0.05, 0) is 46.2 Å². The number of pyridine rings is 1. The highest BCUT2D eigenvalue weighted by atomic mass is 79.9. The van der Waals surface area contributed by atoms with Crippen molar-refractivity contribution in [2.24, 2.45) is 7.05 Å². The molecule has 2 aromatic heterocycles. The van der Waals surface area contributed by atoms with Crippen molar-refractivity contribution in [3.8, 4) is 0 Å². The van der Waals surface area contributed by atoms with E-state index in [-0.39, 0.29) is 0 Å². The Bertz CT molecular complexity index is 483. The molecule has 0 amide bonds. The van der Waals surface area contributed by atoms with Crippen LogP contribution in [0.5, 0.6) is 0 Å². The zero-order valence-electron chi connectivity index (χ0n) is 8.31. The standard InChI is InChI=1S/C9H9BrN4S/c1-6-3-7(10)8(11-4-6)15-9-13-12-5-14(9)2/h3-5H,1-2H3. The Balaban J connectivity index is 2.29. The van der Waals surface area contributed by atoms with Crippen LogP contribution in [0.25, 0.3) is 0 Å². The molecule has 0 unspecified atom stereocenters. The van der Waals surface area contributed by atoms with Gasteiger partial charge >= 0.3 is 0 Å². The van der Waals surface area contributed by atoms with E-state index >= 15 is 0 Å². The minimum absolute atomic E-state index is 0.826. The summed E-state index contributed by atoms with van der Waals surface area (Å²) < 4.78 is 2.84. The van der Waals surface area contributed by atoms with Gasteiger partial charge in [-0.25, -0.2) is 4.98 Å². The number of aryl methyl sites for hydroxylation is 2. The third-order valence-electron chi connectivity index (χ3n) is 1.80. The van der Waals surface area contributed by atoms with E-state index in [1.165, 1.54) is 11.8 Å². The summed E-state index contributed by atoms with van der Waals surface area (Å²) in [5.74, 6) is 0. The second kappa shape index (κ2) is 4.32. The van der Waals surface area contributed by atoms with Crippen molar-refractivity contribution in [1.82, 2.24) is 19.7 Å². The van der Waals surface area contributed by atoms with Crippen LogP contribution >= 0.6 is 27.7 Å². The molecule has 0 N–H and O–H groups in total. The molecule has 15 heavy (non-hydrogen) atoms. The van der Waals surface area contributed by atoms with Crippen LogP contribution in [0.2, 0.25) is 0 Å². The first-order valence-electron chi connectivity index (χ1n) is 4.31. The SMILES string of the molecule is Cc1cnc(Sc2nncn2C)c(Br)c1. The zero-order chi connectivity index (χ0) is 10.8. The Morgan fingerprint density at radius 1 is 1.47 bits per heavy atom. The van der Waals surface area contributed by atoms with Gasteiger partial charge in [0.2, 0.25) is 0 Å². The smallest absolute Gasteiger partial charge is 0.197 e. The summed E-state index contributed by atoms with van der Waals surface area (Å²) in [5, 5.41) is 9.53. The van der Waals surface area contributed by atoms with Gasteiger partial charge in [0.1, 0.15) is 11.4 Å². The Morgan fingerprint density at radius 3 is 2.87 bits per heavy atom. The number of nitrogens with zero attached hydrogens (tertiary/aromatic N) is 4. The molecule has 0 fully saturated rings. The first-order chi connectivity index (χ1) is 7.16. The van der Waals surface area contributed by atoms with Gasteiger partial charge in [0, 0.05) is 13.2 Å². The van der Waals surface area contributed by atoms with Crippen molar-refractivity contribution >= 4 is 27.7 Å². The maximum atomic E-state index is 4.33. The van der Waals surface area contributed by atoms with E-state index in [0.29, 0.717) is 0 Å². The van der Waals surface area contributed by atoms with E-state index in [1.54, 1.807) is 6.33 Å². The molecule has 4 nitrogen and oxygen atoms in total. The van der Waals surface area contributed by atoms with Gasteiger partial charge in [-0.2, -0.15) is 0 Å². The molecular formula is C9H9BrN4S. The summed E-state index contributed by atoms with van der Waals surface area (Å²) in [6.45, 7) is 2.01. The molecule has 0 atom stereocenters. The zero-order valence-corrected chi connectivity index (χ0v) is 10.7. The van der Waals surface area contributed by atoms with Crippen molar-refractivity contribution in [3.05, 3.63) is 28.6 Å². The molecule has 0 aliphatic carbocycles. The fourth-order valence-electron chi connectivity index (χ4n) is 1.05. The average Bonchev–Trinajstić information content (AvgIpc) is 2.57. The predicted octanol–water partition coefficient (Wildman–Crippen LogP) is 2.43. The summed E-state index contributed by atoms with van der Waals surface area (Å²) in [4.78, 5) is 4.33. The number of halogens is 1. The molecule has 6 heteroatoms. The van der Waals surface area contributed by atoms with Crippen molar-refractivity contribution in [3.63, 3.8) is 0 Å². The van der Waals surface area contributed by atoms with E-state index < -0.39 is 0 Å². The molecule has 2 heterocycles. The van der Waals surface area contributed by atoms with Gasteiger partial charge in [0.25, 0.3) is 0 Å². The molecule has 78 valence electrons. The third-order valence-corrected chi connectivity index (χ3v) is 3.74. The van der Waals surface area contributed by atoms with Gasteiger partial charge in [-0.1, -0.05) is 0 Å². The third kappa shape index (κ3) is 2.38. The van der Waals surface area contributed by atoms with E-state index in [1.807, 2.05) is 30.8 Å². The highest BCUT2D eigenvalue weighted by molar-refractivity contribution is 9.10. The van der Waals surface area contributed by atoms with Gasteiger partial charge < -0.3 is 4.57 Å². The molecule has 0 saturated carbocycles. The normalized spacial score (nSPS) is 10.6. The summed E-state index contributed by atoms with van der Waals surface area (Å²) in [7, 11) is 1.91. The Morgan fingerprint density at radius 2 is 2.27 bits per heavy atom. The Hall–Kier alpha value is -0.880. The lowest BCUT2D eigenvalue weighted by Gasteiger charge is -2.02. The van der Waals surface area contributed by atoms with Crippen molar-refractivity contribution in [1.29, 1.82) is 0 Å². The van der Waals surface area contributed by atoms with Crippen LogP contribution in [-0.4, -0.2) is 19.7 Å². The summed E-state index contributed by atoms with van der Waals surface area (Å²) in [6, 6.07) is 2.03. The Labute approximate surface area is 100 Å². The van der Waals surface area contributed by atoms with Crippen LogP contribution in [0.3, 0.4) is 0 Å². The molecule has 0 spiro atoms. The number of aromatic nitrogens is 4. The minimum Gasteiger partial charge on any atom is -0.311 e. The van der Waals surface area contributed by atoms with Gasteiger partial charge in [0.15, 0.2) is 5.16 Å². The van der Waals surface area contributed by atoms with Crippen LogP contribution in [0, 0.1) is 6.92 Å². The average molecular weight is 285 g/mol. The lowest BCUT2D eigenvalue weighted by Crippen LogP contribution is -1.90. The number of rotatable bonds is 2. The number of hydrogen-bond acceptors (Lipinski definition) is 4. The van der Waals surface area contributed by atoms with Gasteiger partial charge in [-0.3, -0.25) is 0 Å². The molecule has 2 rings (SSSR count). The lowest BCUT2D eigenvalue weighted by atomic mass is 10.3. The fourth-order valence-corrected chi connectivity index (χ4v) is 2.47. The first kappa shape index (κ1) is 10.6. The molecule has 2 aromatic rings. The topological polar surface area (TPSA) is 43.6 Å². The monoisotopic (exact) mass is 284 g/mol. The maximum absolute atomic E-state index is 4.33. The van der Waals surface area contributed by atoms with Gasteiger partial charge in [0.05, 0.1) is 4.47 Å². The molecule has 0 aliphatic heterocycles. The molecule has 0 aromatic carbocycles. The molecule has 0 saturated heterocycles. The second-order valence-electron chi connectivity index (χ2n) is 3.13. The quantitative estimate of drug-likeness (QED) is 0.850. The van der Waals surface area contributed by atoms with Crippen LogP contribution in [0.15, 0.2) is 33.2 Å². The molecular weight excluding hydrogens is 276 g/mol. The summed E-state index contributed by atoms with van der Waals surface area (Å²) in [6.07, 6.45) is 3.51. The van der Waals surface area contributed by atoms with E-state index in [0.717, 1.165) is 20.2 Å². The molecule has 0 bridgehead atoms. The lowest BCUT2D eigenvalue weighted by molar-refractivity contribution is 0.786. The molecule has 0 aliphatic rings. The van der Waals surface area contributed by atoms with Crippen molar-refractivity contribution in [2.75, 3.05) is 0 Å². The van der Waals surface area contributed by atoms with E-state index in [2.05, 4.69) is 31.1 Å². The van der Waals surface area contributed by atoms with E-state index in [9.17, 15) is 0 Å². The Kier molecular flexibility index (Phi) is 3.06. The largest absolute Gasteiger partial charge is 0.311 e. The van der Waals surface area contributed by atoms with Gasteiger partial charge in [-0.15, -0.1) is 10.2 Å². The first-order valence-corrected chi connectivity index (χ1v) is 5.92.